The van der Waals surface area contributed by atoms with Crippen molar-refractivity contribution in [2.75, 3.05) is 31.6 Å². The zero-order chi connectivity index (χ0) is 14.1. The summed E-state index contributed by atoms with van der Waals surface area (Å²) in [7, 11) is 2.14. The second-order valence-electron chi connectivity index (χ2n) is 4.76. The molecule has 1 aromatic rings. The van der Waals surface area contributed by atoms with Gasteiger partial charge in [-0.25, -0.2) is 0 Å². The van der Waals surface area contributed by atoms with Crippen LogP contribution in [-0.4, -0.2) is 31.9 Å². The van der Waals surface area contributed by atoms with Crippen molar-refractivity contribution in [1.29, 1.82) is 0 Å². The van der Waals surface area contributed by atoms with Crippen molar-refractivity contribution in [2.24, 2.45) is 0 Å². The Balaban J connectivity index is 2.63. The fourth-order valence-corrected chi connectivity index (χ4v) is 2.49. The minimum Gasteiger partial charge on any atom is -0.396 e. The first kappa shape index (κ1) is 16.5. The number of rotatable bonds is 9. The molecule has 0 aromatic heterocycles. The Kier molecular flexibility index (Phi) is 8.10. The van der Waals surface area contributed by atoms with Gasteiger partial charge in [0.2, 0.25) is 0 Å². The Bertz CT molecular complexity index is 371. The number of aliphatic hydroxyl groups excluding tert-OH is 1. The average Bonchev–Trinajstić information content (AvgIpc) is 2.41. The van der Waals surface area contributed by atoms with Crippen molar-refractivity contribution in [2.45, 2.75) is 32.7 Å². The van der Waals surface area contributed by atoms with Crippen molar-refractivity contribution < 1.29 is 5.11 Å². The highest BCUT2D eigenvalue weighted by molar-refractivity contribution is 9.10. The number of aliphatic hydroxyl groups is 1. The molecule has 3 nitrogen and oxygen atoms in total. The third-order valence-electron chi connectivity index (χ3n) is 3.17. The minimum absolute atomic E-state index is 0.299. The molecule has 0 heterocycles. The van der Waals surface area contributed by atoms with Crippen LogP contribution in [0.1, 0.15) is 31.7 Å². The van der Waals surface area contributed by atoms with Crippen LogP contribution < -0.4 is 10.2 Å². The maximum absolute atomic E-state index is 8.79. The zero-order valence-corrected chi connectivity index (χ0v) is 13.5. The standard InChI is InChI=1S/C15H25BrN2O/c1-3-17-12-13-11-14(16)7-8-15(13)18(2)9-5-4-6-10-19/h7-8,11,17,19H,3-6,9-10,12H2,1-2H3. The number of hydrogen-bond acceptors (Lipinski definition) is 3. The summed E-state index contributed by atoms with van der Waals surface area (Å²) in [6.07, 6.45) is 3.10. The van der Waals surface area contributed by atoms with Gasteiger partial charge < -0.3 is 15.3 Å². The van der Waals surface area contributed by atoms with E-state index in [1.807, 2.05) is 0 Å². The molecule has 0 unspecified atom stereocenters. The van der Waals surface area contributed by atoms with Gasteiger partial charge in [0.05, 0.1) is 0 Å². The lowest BCUT2D eigenvalue weighted by molar-refractivity contribution is 0.283. The molecule has 0 radical (unpaired) electrons. The number of anilines is 1. The van der Waals surface area contributed by atoms with E-state index in [4.69, 9.17) is 5.11 Å². The summed E-state index contributed by atoms with van der Waals surface area (Å²) in [6, 6.07) is 6.44. The molecule has 1 aromatic carbocycles. The molecule has 0 fully saturated rings. The molecule has 4 heteroatoms. The highest BCUT2D eigenvalue weighted by Crippen LogP contribution is 2.24. The van der Waals surface area contributed by atoms with Gasteiger partial charge in [-0.15, -0.1) is 0 Å². The fraction of sp³-hybridized carbons (Fsp3) is 0.600. The predicted octanol–water partition coefficient (Wildman–Crippen LogP) is 3.16. The van der Waals surface area contributed by atoms with E-state index in [1.54, 1.807) is 0 Å². The van der Waals surface area contributed by atoms with E-state index in [2.05, 4.69) is 58.3 Å². The number of nitrogens with zero attached hydrogens (tertiary/aromatic N) is 1. The van der Waals surface area contributed by atoms with Gasteiger partial charge in [0.25, 0.3) is 0 Å². The molecular formula is C15H25BrN2O. The largest absolute Gasteiger partial charge is 0.396 e. The van der Waals surface area contributed by atoms with Crippen molar-refractivity contribution >= 4 is 21.6 Å². The fourth-order valence-electron chi connectivity index (χ4n) is 2.09. The number of nitrogens with one attached hydrogen (secondary N) is 1. The van der Waals surface area contributed by atoms with Gasteiger partial charge in [-0.2, -0.15) is 0 Å². The van der Waals surface area contributed by atoms with E-state index < -0.39 is 0 Å². The molecule has 0 saturated heterocycles. The predicted molar refractivity (Wildman–Crippen MR) is 85.7 cm³/mol. The molecule has 0 amide bonds. The van der Waals surface area contributed by atoms with Crippen molar-refractivity contribution in [1.82, 2.24) is 5.32 Å². The van der Waals surface area contributed by atoms with Crippen molar-refractivity contribution in [3.05, 3.63) is 28.2 Å². The molecule has 1 rings (SSSR count). The first-order valence-electron chi connectivity index (χ1n) is 7.00. The van der Waals surface area contributed by atoms with Crippen molar-refractivity contribution in [3.8, 4) is 0 Å². The summed E-state index contributed by atoms with van der Waals surface area (Å²) < 4.78 is 1.12. The Morgan fingerprint density at radius 3 is 2.74 bits per heavy atom. The summed E-state index contributed by atoms with van der Waals surface area (Å²) in [5.74, 6) is 0. The van der Waals surface area contributed by atoms with Gasteiger partial charge in [0, 0.05) is 36.9 Å². The molecule has 0 saturated carbocycles. The lowest BCUT2D eigenvalue weighted by atomic mass is 10.1. The van der Waals surface area contributed by atoms with Crippen LogP contribution in [0.15, 0.2) is 22.7 Å². The van der Waals surface area contributed by atoms with Crippen LogP contribution in [-0.2, 0) is 6.54 Å². The van der Waals surface area contributed by atoms with Crippen LogP contribution in [0, 0.1) is 0 Å². The van der Waals surface area contributed by atoms with Crippen LogP contribution in [0.3, 0.4) is 0 Å². The van der Waals surface area contributed by atoms with Gasteiger partial charge in [-0.3, -0.25) is 0 Å². The first-order chi connectivity index (χ1) is 9.19. The third-order valence-corrected chi connectivity index (χ3v) is 3.66. The van der Waals surface area contributed by atoms with Crippen LogP contribution >= 0.6 is 15.9 Å². The maximum Gasteiger partial charge on any atom is 0.0431 e. The van der Waals surface area contributed by atoms with E-state index in [0.29, 0.717) is 6.61 Å². The highest BCUT2D eigenvalue weighted by atomic mass is 79.9. The van der Waals surface area contributed by atoms with Gasteiger partial charge in [0.1, 0.15) is 0 Å². The summed E-state index contributed by atoms with van der Waals surface area (Å²) in [4.78, 5) is 2.30. The Morgan fingerprint density at radius 2 is 2.05 bits per heavy atom. The number of benzene rings is 1. The molecule has 0 atom stereocenters. The second kappa shape index (κ2) is 9.34. The van der Waals surface area contributed by atoms with Crippen LogP contribution in [0.2, 0.25) is 0 Å². The molecule has 2 N–H and O–H groups in total. The molecule has 0 aliphatic carbocycles. The topological polar surface area (TPSA) is 35.5 Å². The normalized spacial score (nSPS) is 10.7. The van der Waals surface area contributed by atoms with E-state index in [9.17, 15) is 0 Å². The van der Waals surface area contributed by atoms with Gasteiger partial charge in [-0.05, 0) is 49.6 Å². The average molecular weight is 329 g/mol. The maximum atomic E-state index is 8.79. The molecule has 0 bridgehead atoms. The Morgan fingerprint density at radius 1 is 1.26 bits per heavy atom. The second-order valence-corrected chi connectivity index (χ2v) is 5.67. The summed E-state index contributed by atoms with van der Waals surface area (Å²) >= 11 is 3.54. The number of unbranched alkanes of at least 4 members (excludes halogenated alkanes) is 2. The molecule has 0 aliphatic heterocycles. The SMILES string of the molecule is CCNCc1cc(Br)ccc1N(C)CCCCCO. The van der Waals surface area contributed by atoms with Gasteiger partial charge in [-0.1, -0.05) is 22.9 Å². The molecular weight excluding hydrogens is 304 g/mol. The van der Waals surface area contributed by atoms with E-state index in [-0.39, 0.29) is 0 Å². The van der Waals surface area contributed by atoms with E-state index in [1.165, 1.54) is 11.3 Å². The van der Waals surface area contributed by atoms with Crippen molar-refractivity contribution in [3.63, 3.8) is 0 Å². The molecule has 0 aliphatic rings. The van der Waals surface area contributed by atoms with Gasteiger partial charge in [0.15, 0.2) is 0 Å². The monoisotopic (exact) mass is 328 g/mol. The number of hydrogen-bond donors (Lipinski definition) is 2. The minimum atomic E-state index is 0.299. The summed E-state index contributed by atoms with van der Waals surface area (Å²) in [6.45, 7) is 5.32. The zero-order valence-electron chi connectivity index (χ0n) is 12.0. The lowest BCUT2D eigenvalue weighted by Crippen LogP contribution is -2.22. The lowest BCUT2D eigenvalue weighted by Gasteiger charge is -2.23. The van der Waals surface area contributed by atoms with Crippen LogP contribution in [0.25, 0.3) is 0 Å². The van der Waals surface area contributed by atoms with Gasteiger partial charge >= 0.3 is 0 Å². The van der Waals surface area contributed by atoms with Crippen LogP contribution in [0.5, 0.6) is 0 Å². The number of halogens is 1. The van der Waals surface area contributed by atoms with E-state index in [0.717, 1.165) is 43.4 Å². The smallest absolute Gasteiger partial charge is 0.0431 e. The molecule has 0 spiro atoms. The van der Waals surface area contributed by atoms with E-state index >= 15 is 0 Å². The highest BCUT2D eigenvalue weighted by Gasteiger charge is 2.07. The third kappa shape index (κ3) is 5.93. The first-order valence-corrected chi connectivity index (χ1v) is 7.79. The van der Waals surface area contributed by atoms with Crippen LogP contribution in [0.4, 0.5) is 5.69 Å². The molecule has 108 valence electrons. The summed E-state index contributed by atoms with van der Waals surface area (Å²) in [5.41, 5.74) is 2.61. The Hall–Kier alpha value is -0.580. The Labute approximate surface area is 125 Å². The quantitative estimate of drug-likeness (QED) is 0.683. The summed E-state index contributed by atoms with van der Waals surface area (Å²) in [5, 5.41) is 12.2. The molecule has 19 heavy (non-hydrogen) atoms.